The van der Waals surface area contributed by atoms with Crippen LogP contribution in [0.2, 0.25) is 0 Å². The zero-order chi connectivity index (χ0) is 51.1. The fourth-order valence-electron chi connectivity index (χ4n) is 7.75. The third-order valence-electron chi connectivity index (χ3n) is 11.5. The first kappa shape index (κ1) is 59.2. The number of carbonyl (C=O) groups excluding carboxylic acids is 3. The fourth-order valence-corrected chi connectivity index (χ4v) is 10.1. The number of pyridine rings is 1. The average molecular weight is 988 g/mol. The number of aromatic nitrogens is 2. The Morgan fingerprint density at radius 1 is 1.01 bits per heavy atom. The molecule has 3 heterocycles. The Hall–Kier alpha value is -4.97. The summed E-state index contributed by atoms with van der Waals surface area (Å²) in [6, 6.07) is -0.332. The van der Waals surface area contributed by atoms with Gasteiger partial charge in [-0.2, -0.15) is 0 Å². The van der Waals surface area contributed by atoms with Gasteiger partial charge in [-0.3, -0.25) is 9.59 Å². The maximum atomic E-state index is 13.1. The first-order valence-corrected chi connectivity index (χ1v) is 26.7. The van der Waals surface area contributed by atoms with Gasteiger partial charge in [0.2, 0.25) is 11.8 Å². The highest BCUT2D eigenvalue weighted by molar-refractivity contribution is 7.92. The normalized spacial score (nSPS) is 16.9. The molecule has 2 fully saturated rings. The maximum absolute atomic E-state index is 13.1. The van der Waals surface area contributed by atoms with Crippen molar-refractivity contribution in [1.29, 1.82) is 0 Å². The molecule has 16 nitrogen and oxygen atoms in total. The molecule has 2 unspecified atom stereocenters. The summed E-state index contributed by atoms with van der Waals surface area (Å²) in [5, 5.41) is 24.0. The van der Waals surface area contributed by atoms with E-state index in [0.717, 1.165) is 78.5 Å². The Morgan fingerprint density at radius 3 is 2.29 bits per heavy atom. The van der Waals surface area contributed by atoms with E-state index in [1.54, 1.807) is 65.6 Å². The molecule has 0 aromatic carbocycles. The fraction of sp³-hybridized carbons (Fsp3) is 0.640. The van der Waals surface area contributed by atoms with Gasteiger partial charge in [0.15, 0.2) is 15.0 Å². The van der Waals surface area contributed by atoms with Gasteiger partial charge in [-0.05, 0) is 86.1 Å². The lowest BCUT2D eigenvalue weighted by Crippen LogP contribution is -2.59. The van der Waals surface area contributed by atoms with E-state index in [2.05, 4.69) is 47.0 Å². The molecule has 1 aliphatic carbocycles. The van der Waals surface area contributed by atoms with E-state index in [0.29, 0.717) is 38.3 Å². The van der Waals surface area contributed by atoms with Gasteiger partial charge in [0.05, 0.1) is 54.5 Å². The van der Waals surface area contributed by atoms with Crippen LogP contribution < -0.4 is 26.0 Å². The van der Waals surface area contributed by atoms with Crippen LogP contribution in [0.4, 0.5) is 9.93 Å². The van der Waals surface area contributed by atoms with E-state index in [4.69, 9.17) is 14.5 Å². The Bertz CT molecular complexity index is 2110. The van der Waals surface area contributed by atoms with Crippen LogP contribution >= 0.6 is 11.3 Å². The van der Waals surface area contributed by atoms with E-state index in [9.17, 15) is 32.7 Å². The summed E-state index contributed by atoms with van der Waals surface area (Å²) in [4.78, 5) is 61.7. The lowest BCUT2D eigenvalue weighted by Gasteiger charge is -2.39. The van der Waals surface area contributed by atoms with Crippen LogP contribution in [0.25, 0.3) is 23.5 Å². The number of sulfone groups is 1. The molecule has 0 radical (unpaired) electrons. The van der Waals surface area contributed by atoms with Gasteiger partial charge in [-0.25, -0.2) is 28.0 Å². The molecule has 68 heavy (non-hydrogen) atoms. The number of allylic oxidation sites excluding steroid dienone is 2. The summed E-state index contributed by atoms with van der Waals surface area (Å²) in [7, 11) is -0.239. The number of anilines is 1. The minimum absolute atomic E-state index is 0.170. The number of nitrogens with zero attached hydrogens (tertiary/aromatic N) is 3. The smallest absolute Gasteiger partial charge is 0.326 e. The Kier molecular flexibility index (Phi) is 25.4. The topological polar surface area (TPSA) is 218 Å². The van der Waals surface area contributed by atoms with Gasteiger partial charge in [0.1, 0.15) is 23.5 Å². The number of amides is 4. The molecule has 0 bridgehead atoms. The number of hydrogen-bond acceptors (Lipinski definition) is 12. The van der Waals surface area contributed by atoms with Crippen molar-refractivity contribution in [2.45, 2.75) is 168 Å². The second-order valence-corrected chi connectivity index (χ2v) is 21.9. The van der Waals surface area contributed by atoms with E-state index in [1.807, 2.05) is 56.5 Å². The zero-order valence-corrected chi connectivity index (χ0v) is 44.3. The summed E-state index contributed by atoms with van der Waals surface area (Å²) in [5.41, 5.74) is 2.37. The van der Waals surface area contributed by atoms with E-state index < -0.39 is 61.9 Å². The van der Waals surface area contributed by atoms with Crippen LogP contribution in [-0.2, 0) is 29.0 Å². The zero-order valence-electron chi connectivity index (χ0n) is 42.7. The number of carboxylic acids is 1. The third-order valence-corrected chi connectivity index (χ3v) is 15.1. The molecule has 1 saturated heterocycles. The molecule has 2 aromatic heterocycles. The summed E-state index contributed by atoms with van der Waals surface area (Å²) >= 11 is 1.56. The molecule has 2 aromatic rings. The number of carboxylic acid groups (broad SMARTS) is 1. The van der Waals surface area contributed by atoms with Crippen molar-refractivity contribution in [2.75, 3.05) is 38.4 Å². The molecular weight excluding hydrogens is 907 g/mol. The lowest BCUT2D eigenvalue weighted by molar-refractivity contribution is -0.144. The summed E-state index contributed by atoms with van der Waals surface area (Å²) in [5.74, 6) is -1.99. The number of nitrogens with one attached hydrogen (secondary N) is 4. The summed E-state index contributed by atoms with van der Waals surface area (Å²) in [6.45, 7) is 18.9. The SMILES string of the molecule is C/C=C\c1c(OC)cc(-c2csc(NC(C)C)n2)nc1/C=C/OC.CC.CCCCC/C=C\C(C)C(NC(=O)[C@@H]1CCCN1C(=O)CNC(=O)NC1(CS(=O)(=O)C(C)(C)C)CCCCC1)C(=O)O. The van der Waals surface area contributed by atoms with Crippen LogP contribution in [0.1, 0.15) is 151 Å². The highest BCUT2D eigenvalue weighted by Crippen LogP contribution is 2.34. The van der Waals surface area contributed by atoms with Crippen molar-refractivity contribution in [3.8, 4) is 17.1 Å². The Labute approximate surface area is 410 Å². The van der Waals surface area contributed by atoms with Gasteiger partial charge in [0.25, 0.3) is 0 Å². The van der Waals surface area contributed by atoms with Crippen molar-refractivity contribution in [1.82, 2.24) is 30.8 Å². The van der Waals surface area contributed by atoms with Crippen LogP contribution in [0.3, 0.4) is 0 Å². The minimum Gasteiger partial charge on any atom is -0.504 e. The number of ether oxygens (including phenoxy) is 2. The van der Waals surface area contributed by atoms with E-state index in [-0.39, 0.29) is 12.3 Å². The van der Waals surface area contributed by atoms with E-state index in [1.165, 1.54) is 4.90 Å². The van der Waals surface area contributed by atoms with Crippen LogP contribution in [-0.4, -0.2) is 114 Å². The molecule has 3 atom stereocenters. The molecule has 382 valence electrons. The van der Waals surface area contributed by atoms with Gasteiger partial charge in [0, 0.05) is 35.5 Å². The van der Waals surface area contributed by atoms with Gasteiger partial charge in [-0.15, -0.1) is 11.3 Å². The number of thiazole rings is 1. The second kappa shape index (κ2) is 29.1. The Morgan fingerprint density at radius 2 is 1.71 bits per heavy atom. The summed E-state index contributed by atoms with van der Waals surface area (Å²) in [6.07, 6.45) is 19.8. The number of hydrogen-bond donors (Lipinski definition) is 5. The highest BCUT2D eigenvalue weighted by Gasteiger charge is 2.43. The predicted molar refractivity (Wildman–Crippen MR) is 275 cm³/mol. The maximum Gasteiger partial charge on any atom is 0.326 e. The molecule has 0 spiro atoms. The lowest BCUT2D eigenvalue weighted by atomic mass is 9.83. The molecular formula is C50H81N7O9S2. The standard InChI is InChI=1S/C30H52N4O7S.C18H23N3O2S.C2H6/c1-6-7-8-9-11-15-22(2)25(27(37)38)32-26(36)23-16-14-19-34(23)24(35)20-31-28(39)33-30(17-12-10-13-18-30)21-42(40,41)29(3,4)5;1-6-7-13-14(8-9-22-4)20-15(10-17(13)23-5)16-11-24-18(21-16)19-12(2)3;1-2/h11,15,22-23,25H,6-10,12-14,16-21H2,1-5H3,(H,32,36)(H,37,38)(H2,31,33,39);6-12H,1-5H3,(H,19,21);1-2H3/b15-11-;7-6-,9-8+;/t22?,23-,25?;;/m0../s1. The molecule has 4 amide bonds. The van der Waals surface area contributed by atoms with Crippen molar-refractivity contribution in [2.24, 2.45) is 5.92 Å². The van der Waals surface area contributed by atoms with Crippen molar-refractivity contribution < 1.29 is 42.2 Å². The monoisotopic (exact) mass is 988 g/mol. The first-order valence-electron chi connectivity index (χ1n) is 24.1. The summed E-state index contributed by atoms with van der Waals surface area (Å²) < 4.78 is 35.6. The molecule has 5 N–H and O–H groups in total. The quantitative estimate of drug-likeness (QED) is 0.0449. The Balaban J connectivity index is 0.000000515. The first-order chi connectivity index (χ1) is 32.2. The largest absolute Gasteiger partial charge is 0.504 e. The number of rotatable bonds is 21. The highest BCUT2D eigenvalue weighted by atomic mass is 32.2. The minimum atomic E-state index is -3.50. The van der Waals surface area contributed by atoms with Gasteiger partial charge in [-0.1, -0.05) is 84.1 Å². The predicted octanol–water partition coefficient (Wildman–Crippen LogP) is 9.25. The average Bonchev–Trinajstić information content (AvgIpc) is 3.98. The van der Waals surface area contributed by atoms with Crippen LogP contribution in [0.5, 0.6) is 5.75 Å². The molecule has 2 aliphatic rings. The van der Waals surface area contributed by atoms with Crippen LogP contribution in [0, 0.1) is 5.92 Å². The van der Waals surface area contributed by atoms with Crippen molar-refractivity contribution in [3.05, 3.63) is 47.2 Å². The van der Waals surface area contributed by atoms with Gasteiger partial charge >= 0.3 is 12.0 Å². The second-order valence-electron chi connectivity index (χ2n) is 18.3. The number of likely N-dealkylation sites (tertiary alicyclic amines) is 1. The molecule has 1 saturated carbocycles. The number of carbonyl (C=O) groups is 4. The van der Waals surface area contributed by atoms with Crippen molar-refractivity contribution in [3.63, 3.8) is 0 Å². The number of urea groups is 1. The molecule has 1 aliphatic heterocycles. The third kappa shape index (κ3) is 18.5. The molecule has 4 rings (SSSR count). The number of aliphatic carboxylic acids is 1. The molecule has 18 heteroatoms. The van der Waals surface area contributed by atoms with E-state index >= 15 is 0 Å². The number of unbranched alkanes of at least 4 members (excludes halogenated alkanes) is 3. The van der Waals surface area contributed by atoms with Crippen molar-refractivity contribution >= 4 is 62.3 Å². The number of methoxy groups -OCH3 is 2. The van der Waals surface area contributed by atoms with Crippen LogP contribution in [0.15, 0.2) is 35.9 Å². The van der Waals surface area contributed by atoms with Gasteiger partial charge < -0.3 is 40.7 Å².